The fourth-order valence-electron chi connectivity index (χ4n) is 3.38. The van der Waals surface area contributed by atoms with Crippen LogP contribution in [-0.2, 0) is 16.1 Å². The molecule has 0 radical (unpaired) electrons. The third-order valence-corrected chi connectivity index (χ3v) is 4.70. The number of anilines is 1. The Balaban J connectivity index is 1.51. The second-order valence-electron chi connectivity index (χ2n) is 6.59. The maximum atomic E-state index is 12.4. The van der Waals surface area contributed by atoms with Crippen LogP contribution in [0, 0.1) is 6.92 Å². The number of carbonyl (C=O) groups excluding carboxylic acids is 2. The number of amides is 2. The quantitative estimate of drug-likeness (QED) is 0.734. The average Bonchev–Trinajstić information content (AvgIpc) is 3.15. The van der Waals surface area contributed by atoms with Crippen molar-refractivity contribution in [2.24, 2.45) is 0 Å². The molecule has 136 valence electrons. The lowest BCUT2D eigenvalue weighted by atomic mass is 10.1. The van der Waals surface area contributed by atoms with Crippen molar-refractivity contribution in [3.8, 4) is 11.1 Å². The van der Waals surface area contributed by atoms with Crippen LogP contribution in [0.5, 0.6) is 0 Å². The molecule has 2 heterocycles. The van der Waals surface area contributed by atoms with Crippen molar-refractivity contribution in [1.29, 1.82) is 0 Å². The Hall–Kier alpha value is -3.41. The van der Waals surface area contributed by atoms with E-state index in [2.05, 4.69) is 15.7 Å². The second-order valence-corrected chi connectivity index (χ2v) is 6.59. The summed E-state index contributed by atoms with van der Waals surface area (Å²) >= 11 is 0. The monoisotopic (exact) mass is 360 g/mol. The molecule has 2 N–H and O–H groups in total. The number of benzene rings is 2. The molecule has 4 rings (SSSR count). The van der Waals surface area contributed by atoms with Gasteiger partial charge in [0, 0.05) is 12.1 Å². The zero-order chi connectivity index (χ0) is 18.8. The normalized spacial score (nSPS) is 15.3. The van der Waals surface area contributed by atoms with Gasteiger partial charge in [0.15, 0.2) is 0 Å². The predicted octanol–water partition coefficient (Wildman–Crippen LogP) is 3.06. The van der Waals surface area contributed by atoms with Gasteiger partial charge < -0.3 is 10.6 Å². The lowest BCUT2D eigenvalue weighted by molar-refractivity contribution is -0.126. The topological polar surface area (TPSA) is 76.0 Å². The summed E-state index contributed by atoms with van der Waals surface area (Å²) in [7, 11) is 0. The first-order valence-electron chi connectivity index (χ1n) is 8.89. The molecule has 1 unspecified atom stereocenters. The number of nitrogens with zero attached hydrogens (tertiary/aromatic N) is 2. The van der Waals surface area contributed by atoms with E-state index in [0.29, 0.717) is 12.4 Å². The first-order chi connectivity index (χ1) is 13.1. The summed E-state index contributed by atoms with van der Waals surface area (Å²) < 4.78 is 1.64. The molecule has 27 heavy (non-hydrogen) atoms. The number of hydrogen-bond acceptors (Lipinski definition) is 3. The molecule has 1 aliphatic rings. The summed E-state index contributed by atoms with van der Waals surface area (Å²) in [6.45, 7) is 2.35. The highest BCUT2D eigenvalue weighted by Gasteiger charge is 2.36. The van der Waals surface area contributed by atoms with Crippen molar-refractivity contribution < 1.29 is 9.59 Å². The van der Waals surface area contributed by atoms with Gasteiger partial charge in [-0.2, -0.15) is 5.10 Å². The van der Waals surface area contributed by atoms with E-state index >= 15 is 0 Å². The van der Waals surface area contributed by atoms with Crippen molar-refractivity contribution >= 4 is 17.6 Å². The Bertz CT molecular complexity index is 980. The van der Waals surface area contributed by atoms with Crippen LogP contribution in [-0.4, -0.2) is 21.6 Å². The zero-order valence-corrected chi connectivity index (χ0v) is 15.0. The van der Waals surface area contributed by atoms with Gasteiger partial charge in [-0.05, 0) is 18.1 Å². The van der Waals surface area contributed by atoms with Crippen LogP contribution in [0.15, 0.2) is 60.7 Å². The van der Waals surface area contributed by atoms with Gasteiger partial charge in [-0.25, -0.2) is 4.68 Å². The minimum atomic E-state index is -0.632. The number of carbonyl (C=O) groups is 2. The highest BCUT2D eigenvalue weighted by atomic mass is 16.2. The molecule has 1 atom stereocenters. The van der Waals surface area contributed by atoms with Gasteiger partial charge in [-0.1, -0.05) is 60.7 Å². The van der Waals surface area contributed by atoms with E-state index in [1.165, 1.54) is 0 Å². The van der Waals surface area contributed by atoms with Gasteiger partial charge in [-0.3, -0.25) is 9.59 Å². The lowest BCUT2D eigenvalue weighted by Gasteiger charge is -2.10. The molecule has 0 fully saturated rings. The summed E-state index contributed by atoms with van der Waals surface area (Å²) in [5.41, 5.74) is 3.73. The van der Waals surface area contributed by atoms with Gasteiger partial charge in [0.25, 0.3) is 5.91 Å². The number of nitrogens with one attached hydrogen (secondary N) is 2. The molecule has 0 spiro atoms. The molecular formula is C21H20N4O2. The average molecular weight is 360 g/mol. The maximum Gasteiger partial charge on any atom is 0.251 e. The highest BCUT2D eigenvalue weighted by Crippen LogP contribution is 2.37. The molecule has 3 aromatic rings. The molecule has 2 aromatic carbocycles. The van der Waals surface area contributed by atoms with Crippen molar-refractivity contribution in [2.45, 2.75) is 25.9 Å². The summed E-state index contributed by atoms with van der Waals surface area (Å²) in [5, 5.41) is 10.3. The number of aryl methyl sites for hydroxylation is 1. The summed E-state index contributed by atoms with van der Waals surface area (Å²) in [4.78, 5) is 24.8. The first-order valence-corrected chi connectivity index (χ1v) is 8.89. The molecule has 2 amide bonds. The van der Waals surface area contributed by atoms with E-state index in [4.69, 9.17) is 0 Å². The Morgan fingerprint density at radius 1 is 1.11 bits per heavy atom. The van der Waals surface area contributed by atoms with Crippen LogP contribution >= 0.6 is 0 Å². The van der Waals surface area contributed by atoms with Gasteiger partial charge >= 0.3 is 0 Å². The van der Waals surface area contributed by atoms with Crippen LogP contribution < -0.4 is 10.6 Å². The molecule has 0 saturated carbocycles. The van der Waals surface area contributed by atoms with Crippen LogP contribution in [0.4, 0.5) is 5.82 Å². The van der Waals surface area contributed by atoms with Crippen LogP contribution in [0.25, 0.3) is 11.1 Å². The molecule has 0 aliphatic carbocycles. The highest BCUT2D eigenvalue weighted by molar-refractivity contribution is 6.03. The van der Waals surface area contributed by atoms with E-state index in [9.17, 15) is 9.59 Å². The molecule has 0 bridgehead atoms. The fraction of sp³-hybridized carbons (Fsp3) is 0.190. The summed E-state index contributed by atoms with van der Waals surface area (Å²) in [6.07, 6.45) is 0.0566. The Morgan fingerprint density at radius 3 is 2.48 bits per heavy atom. The van der Waals surface area contributed by atoms with E-state index in [1.807, 2.05) is 67.6 Å². The molecule has 6 nitrogen and oxygen atoms in total. The Morgan fingerprint density at radius 2 is 1.78 bits per heavy atom. The van der Waals surface area contributed by atoms with Gasteiger partial charge in [0.2, 0.25) is 5.91 Å². The third-order valence-electron chi connectivity index (χ3n) is 4.70. The number of fused-ring (bicyclic) bond motifs is 1. The van der Waals surface area contributed by atoms with Crippen molar-refractivity contribution in [2.75, 3.05) is 5.32 Å². The fourth-order valence-corrected chi connectivity index (χ4v) is 3.38. The first kappa shape index (κ1) is 17.0. The standard InChI is InChI=1S/C21H20N4O2/c1-14-19(16-10-6-3-7-11-16)20-23-21(27)17(25(20)24-14)12-18(26)22-13-15-8-4-2-5-9-15/h2-11,17H,12-13H2,1H3,(H,22,26)(H,23,27). The number of aromatic nitrogens is 2. The molecular weight excluding hydrogens is 340 g/mol. The minimum Gasteiger partial charge on any atom is -0.352 e. The van der Waals surface area contributed by atoms with Crippen LogP contribution in [0.2, 0.25) is 0 Å². The van der Waals surface area contributed by atoms with Gasteiger partial charge in [0.1, 0.15) is 11.9 Å². The molecule has 1 aliphatic heterocycles. The molecule has 0 saturated heterocycles. The Kier molecular flexibility index (Phi) is 4.46. The van der Waals surface area contributed by atoms with Crippen molar-refractivity contribution in [1.82, 2.24) is 15.1 Å². The third kappa shape index (κ3) is 3.33. The second kappa shape index (κ2) is 7.07. The van der Waals surface area contributed by atoms with Gasteiger partial charge in [0.05, 0.1) is 12.1 Å². The molecule has 1 aromatic heterocycles. The SMILES string of the molecule is Cc1nn2c(c1-c1ccccc1)NC(=O)C2CC(=O)NCc1ccccc1. The number of hydrogen-bond donors (Lipinski definition) is 2. The lowest BCUT2D eigenvalue weighted by Crippen LogP contribution is -2.28. The smallest absolute Gasteiger partial charge is 0.251 e. The summed E-state index contributed by atoms with van der Waals surface area (Å²) in [5.74, 6) is 0.273. The largest absolute Gasteiger partial charge is 0.352 e. The van der Waals surface area contributed by atoms with E-state index in [-0.39, 0.29) is 18.2 Å². The van der Waals surface area contributed by atoms with Gasteiger partial charge in [-0.15, -0.1) is 0 Å². The molecule has 6 heteroatoms. The minimum absolute atomic E-state index is 0.0566. The maximum absolute atomic E-state index is 12.4. The van der Waals surface area contributed by atoms with E-state index in [1.54, 1.807) is 4.68 Å². The van der Waals surface area contributed by atoms with Crippen molar-refractivity contribution in [3.05, 3.63) is 71.9 Å². The van der Waals surface area contributed by atoms with Crippen LogP contribution in [0.1, 0.15) is 23.7 Å². The van der Waals surface area contributed by atoms with Crippen LogP contribution in [0.3, 0.4) is 0 Å². The van der Waals surface area contributed by atoms with E-state index < -0.39 is 6.04 Å². The van der Waals surface area contributed by atoms with Crippen molar-refractivity contribution in [3.63, 3.8) is 0 Å². The summed E-state index contributed by atoms with van der Waals surface area (Å²) in [6, 6.07) is 18.9. The Labute approximate surface area is 157 Å². The number of rotatable bonds is 5. The zero-order valence-electron chi connectivity index (χ0n) is 15.0. The predicted molar refractivity (Wildman–Crippen MR) is 103 cm³/mol. The van der Waals surface area contributed by atoms with E-state index in [0.717, 1.165) is 22.4 Å².